The highest BCUT2D eigenvalue weighted by Crippen LogP contribution is 2.68. The summed E-state index contributed by atoms with van der Waals surface area (Å²) in [7, 11) is 0. The number of imidazole rings is 1. The number of nitrogens with zero attached hydrogens (tertiary/aromatic N) is 2. The van der Waals surface area contributed by atoms with Gasteiger partial charge in [0.2, 0.25) is 0 Å². The number of aliphatic hydroxyl groups is 1. The fourth-order valence-electron chi connectivity index (χ4n) is 3.19. The molecule has 1 unspecified atom stereocenters. The van der Waals surface area contributed by atoms with Gasteiger partial charge in [0, 0.05) is 19.3 Å². The van der Waals surface area contributed by atoms with Gasteiger partial charge < -0.3 is 9.67 Å². The van der Waals surface area contributed by atoms with Gasteiger partial charge in [-0.3, -0.25) is 0 Å². The van der Waals surface area contributed by atoms with Gasteiger partial charge in [-0.15, -0.1) is 0 Å². The van der Waals surface area contributed by atoms with Crippen LogP contribution in [0.2, 0.25) is 0 Å². The summed E-state index contributed by atoms with van der Waals surface area (Å²) in [5.41, 5.74) is -1.04. The quantitative estimate of drug-likeness (QED) is 0.680. The molecule has 2 bridgehead atoms. The normalized spacial score (nSPS) is 35.3. The van der Waals surface area contributed by atoms with Crippen LogP contribution in [0.15, 0.2) is 0 Å². The molecule has 6 heteroatoms. The molecule has 0 aliphatic heterocycles. The Balaban J connectivity index is 2.03. The molecule has 3 saturated carbocycles. The smallest absolute Gasteiger partial charge is 0.140 e. The lowest BCUT2D eigenvalue weighted by Crippen LogP contribution is -2.70. The number of hydrogen-bond acceptors (Lipinski definition) is 2. The fourth-order valence-corrected chi connectivity index (χ4v) is 4.56. The van der Waals surface area contributed by atoms with Gasteiger partial charge in [-0.25, -0.2) is 9.37 Å². The van der Waals surface area contributed by atoms with E-state index < -0.39 is 11.8 Å². The Morgan fingerprint density at radius 3 is 2.33 bits per heavy atom. The molecule has 0 aromatic carbocycles. The molecule has 1 aromatic heterocycles. The van der Waals surface area contributed by atoms with Crippen molar-refractivity contribution in [1.29, 1.82) is 0 Å². The Kier molecular flexibility index (Phi) is 3.03. The van der Waals surface area contributed by atoms with Gasteiger partial charge in [0.15, 0.2) is 0 Å². The van der Waals surface area contributed by atoms with Crippen molar-refractivity contribution in [3.05, 3.63) is 13.2 Å². The zero-order valence-electron chi connectivity index (χ0n) is 10.3. The van der Waals surface area contributed by atoms with Crippen LogP contribution < -0.4 is 0 Å². The lowest BCUT2D eigenvalue weighted by atomic mass is 9.47. The van der Waals surface area contributed by atoms with Crippen molar-refractivity contribution in [1.82, 2.24) is 9.55 Å². The van der Waals surface area contributed by atoms with Crippen LogP contribution in [0, 0.1) is 13.3 Å². The topological polar surface area (TPSA) is 38.1 Å². The molecule has 3 nitrogen and oxygen atoms in total. The fraction of sp³-hybridized carbons (Fsp3) is 0.750. The Bertz CT molecular complexity index is 495. The average molecular weight is 476 g/mol. The van der Waals surface area contributed by atoms with Crippen LogP contribution >= 0.6 is 45.2 Å². The first kappa shape index (κ1) is 13.5. The third kappa shape index (κ3) is 1.70. The van der Waals surface area contributed by atoms with Crippen LogP contribution in [0.1, 0.15) is 45.0 Å². The zero-order chi connectivity index (χ0) is 13.3. The summed E-state index contributed by atoms with van der Waals surface area (Å²) < 4.78 is 17.8. The van der Waals surface area contributed by atoms with Gasteiger partial charge in [0.1, 0.15) is 25.0 Å². The molecule has 3 aliphatic carbocycles. The molecule has 0 radical (unpaired) electrons. The van der Waals surface area contributed by atoms with Gasteiger partial charge in [0.05, 0.1) is 5.54 Å². The van der Waals surface area contributed by atoms with Crippen molar-refractivity contribution in [3.63, 3.8) is 0 Å². The predicted molar refractivity (Wildman–Crippen MR) is 83.1 cm³/mol. The number of aliphatic hydroxyl groups excluding tert-OH is 1. The van der Waals surface area contributed by atoms with Gasteiger partial charge in [-0.1, -0.05) is 13.8 Å². The molecule has 1 atom stereocenters. The van der Waals surface area contributed by atoms with Gasteiger partial charge in [0.25, 0.3) is 0 Å². The first-order valence-corrected chi connectivity index (χ1v) is 8.25. The molecule has 3 fully saturated rings. The van der Waals surface area contributed by atoms with Crippen LogP contribution in [0.4, 0.5) is 4.39 Å². The van der Waals surface area contributed by atoms with E-state index in [9.17, 15) is 9.50 Å². The molecule has 4 rings (SSSR count). The minimum absolute atomic E-state index is 0.104. The molecule has 0 spiro atoms. The summed E-state index contributed by atoms with van der Waals surface area (Å²) in [5, 5.41) is 10.3. The molecule has 1 N–H and O–H groups in total. The highest BCUT2D eigenvalue weighted by Gasteiger charge is 2.71. The minimum atomic E-state index is -0.932. The van der Waals surface area contributed by atoms with Gasteiger partial charge >= 0.3 is 0 Å². The predicted octanol–water partition coefficient (Wildman–Crippen LogP) is 3.38. The number of rotatable bonds is 3. The number of aromatic nitrogens is 2. The zero-order valence-corrected chi connectivity index (χ0v) is 14.6. The van der Waals surface area contributed by atoms with Crippen molar-refractivity contribution < 1.29 is 9.50 Å². The third-order valence-electron chi connectivity index (χ3n) is 4.12. The molecule has 1 heterocycles. The first-order chi connectivity index (χ1) is 8.28. The maximum absolute atomic E-state index is 13.7. The summed E-state index contributed by atoms with van der Waals surface area (Å²) in [5.74, 6) is 0.824. The van der Waals surface area contributed by atoms with E-state index in [0.29, 0.717) is 25.1 Å². The minimum Gasteiger partial charge on any atom is -0.385 e. The first-order valence-electron chi connectivity index (χ1n) is 6.09. The molecular formula is C12H15FI2N2O. The van der Waals surface area contributed by atoms with E-state index in [-0.39, 0.29) is 11.5 Å². The van der Waals surface area contributed by atoms with Crippen molar-refractivity contribution in [2.75, 3.05) is 0 Å². The Labute approximate surface area is 133 Å². The van der Waals surface area contributed by atoms with Crippen molar-refractivity contribution >= 4 is 45.2 Å². The lowest BCUT2D eigenvalue weighted by Gasteiger charge is -2.66. The second kappa shape index (κ2) is 4.03. The van der Waals surface area contributed by atoms with Gasteiger partial charge in [-0.2, -0.15) is 0 Å². The summed E-state index contributed by atoms with van der Waals surface area (Å²) in [6.45, 7) is 3.95. The van der Waals surface area contributed by atoms with E-state index in [2.05, 4.69) is 54.7 Å². The summed E-state index contributed by atoms with van der Waals surface area (Å²) in [6.07, 6.45) is 1.17. The maximum atomic E-state index is 13.7. The Morgan fingerprint density at radius 1 is 1.33 bits per heavy atom. The second-order valence-electron chi connectivity index (χ2n) is 5.98. The number of hydrogen-bond donors (Lipinski definition) is 1. The van der Waals surface area contributed by atoms with Crippen LogP contribution in [-0.4, -0.2) is 20.3 Å². The van der Waals surface area contributed by atoms with Crippen LogP contribution in [0.3, 0.4) is 0 Å². The number of halogens is 3. The summed E-state index contributed by atoms with van der Waals surface area (Å²) in [6, 6.07) is 0. The molecule has 0 saturated heterocycles. The molecule has 1 aromatic rings. The van der Waals surface area contributed by atoms with Crippen molar-refractivity contribution in [2.45, 2.75) is 50.4 Å². The van der Waals surface area contributed by atoms with Crippen LogP contribution in [-0.2, 0) is 5.54 Å². The van der Waals surface area contributed by atoms with E-state index in [4.69, 9.17) is 0 Å². The molecule has 3 aliphatic rings. The van der Waals surface area contributed by atoms with E-state index in [0.717, 1.165) is 7.40 Å². The summed E-state index contributed by atoms with van der Waals surface area (Å²) in [4.78, 5) is 4.50. The second-order valence-corrected chi connectivity index (χ2v) is 8.03. The largest absolute Gasteiger partial charge is 0.385 e. The highest BCUT2D eigenvalue weighted by atomic mass is 127. The van der Waals surface area contributed by atoms with E-state index in [1.54, 1.807) is 0 Å². The molecule has 18 heavy (non-hydrogen) atoms. The van der Waals surface area contributed by atoms with Crippen LogP contribution in [0.5, 0.6) is 0 Å². The van der Waals surface area contributed by atoms with E-state index in [1.165, 1.54) is 0 Å². The molecule has 0 amide bonds. The van der Waals surface area contributed by atoms with Gasteiger partial charge in [-0.05, 0) is 51.1 Å². The van der Waals surface area contributed by atoms with E-state index >= 15 is 0 Å². The maximum Gasteiger partial charge on any atom is 0.140 e. The highest BCUT2D eigenvalue weighted by molar-refractivity contribution is 14.1. The van der Waals surface area contributed by atoms with Crippen molar-refractivity contribution in [3.8, 4) is 0 Å². The third-order valence-corrected chi connectivity index (χ3v) is 6.89. The SMILES string of the molecule is CC(C)C(O)c1nc(I)c(I)n1C12CC(F)(C1)C2. The number of alkyl halides is 1. The molecule has 100 valence electrons. The monoisotopic (exact) mass is 476 g/mol. The van der Waals surface area contributed by atoms with Crippen LogP contribution in [0.25, 0.3) is 0 Å². The lowest BCUT2D eigenvalue weighted by molar-refractivity contribution is -0.201. The standard InChI is InChI=1S/C12H15FI2N2O/c1-6(2)7(18)10-16-8(14)9(15)17(10)12-3-11(13,4-12)5-12/h6-7,18H,3-5H2,1-2H3. The molecular weight excluding hydrogens is 461 g/mol. The van der Waals surface area contributed by atoms with Crippen molar-refractivity contribution in [2.24, 2.45) is 5.92 Å². The Hall–Kier alpha value is 0.560. The van der Waals surface area contributed by atoms with E-state index in [1.807, 2.05) is 13.8 Å². The average Bonchev–Trinajstić information content (AvgIpc) is 2.49. The Morgan fingerprint density at radius 2 is 1.89 bits per heavy atom. The summed E-state index contributed by atoms with van der Waals surface area (Å²) >= 11 is 4.44.